The van der Waals surface area contributed by atoms with Gasteiger partial charge < -0.3 is 10.4 Å². The van der Waals surface area contributed by atoms with E-state index in [-0.39, 0.29) is 5.54 Å². The van der Waals surface area contributed by atoms with Crippen molar-refractivity contribution in [3.05, 3.63) is 0 Å². The zero-order valence-electron chi connectivity index (χ0n) is 10.9. The van der Waals surface area contributed by atoms with Gasteiger partial charge in [-0.3, -0.25) is 0 Å². The molecule has 1 aliphatic carbocycles. The van der Waals surface area contributed by atoms with Crippen molar-refractivity contribution in [3.63, 3.8) is 0 Å². The average Bonchev–Trinajstić information content (AvgIpc) is 2.08. The minimum Gasteiger partial charge on any atom is -0.388 e. The fourth-order valence-corrected chi connectivity index (χ4v) is 2.37. The van der Waals surface area contributed by atoms with Gasteiger partial charge in [0.1, 0.15) is 0 Å². The number of hydrogen-bond acceptors (Lipinski definition) is 2. The molecule has 1 aliphatic rings. The lowest BCUT2D eigenvalue weighted by Gasteiger charge is -2.42. The van der Waals surface area contributed by atoms with Gasteiger partial charge in [0, 0.05) is 12.1 Å². The molecule has 1 saturated carbocycles. The molecule has 0 radical (unpaired) electrons. The standard InChI is InChI=1S/C13H27NO/c1-10-6-7-11(2)13(15,8-10)9-14-12(3,4)5/h10-11,14-15H,6-9H2,1-5H3. The maximum Gasteiger partial charge on any atom is 0.0799 e. The largest absolute Gasteiger partial charge is 0.388 e. The predicted octanol–water partition coefficient (Wildman–Crippen LogP) is 2.56. The van der Waals surface area contributed by atoms with E-state index in [4.69, 9.17) is 0 Å². The minimum atomic E-state index is -0.495. The van der Waals surface area contributed by atoms with Crippen LogP contribution in [0.1, 0.15) is 53.9 Å². The first-order valence-corrected chi connectivity index (χ1v) is 6.20. The lowest BCUT2D eigenvalue weighted by atomic mass is 9.72. The summed E-state index contributed by atoms with van der Waals surface area (Å²) >= 11 is 0. The molecule has 15 heavy (non-hydrogen) atoms. The third kappa shape index (κ3) is 3.76. The van der Waals surface area contributed by atoms with Crippen LogP contribution in [0.25, 0.3) is 0 Å². The molecule has 0 spiro atoms. The Labute approximate surface area is 94.5 Å². The van der Waals surface area contributed by atoms with Crippen LogP contribution in [0.5, 0.6) is 0 Å². The van der Waals surface area contributed by atoms with Gasteiger partial charge in [0.05, 0.1) is 5.60 Å². The quantitative estimate of drug-likeness (QED) is 0.739. The van der Waals surface area contributed by atoms with Gasteiger partial charge in [-0.2, -0.15) is 0 Å². The Morgan fingerprint density at radius 1 is 1.27 bits per heavy atom. The minimum absolute atomic E-state index is 0.0934. The van der Waals surface area contributed by atoms with Crippen LogP contribution in [0.3, 0.4) is 0 Å². The zero-order valence-corrected chi connectivity index (χ0v) is 10.9. The highest BCUT2D eigenvalue weighted by Gasteiger charge is 2.39. The molecule has 0 saturated heterocycles. The maximum absolute atomic E-state index is 10.6. The van der Waals surface area contributed by atoms with Crippen molar-refractivity contribution in [2.75, 3.05) is 6.54 Å². The SMILES string of the molecule is CC1CCC(C)C(O)(CNC(C)(C)C)C1. The Hall–Kier alpha value is -0.0800. The molecule has 3 unspecified atom stereocenters. The molecule has 1 rings (SSSR count). The first-order valence-electron chi connectivity index (χ1n) is 6.20. The fraction of sp³-hybridized carbons (Fsp3) is 1.00. The highest BCUT2D eigenvalue weighted by molar-refractivity contribution is 4.93. The van der Waals surface area contributed by atoms with Gasteiger partial charge in [0.25, 0.3) is 0 Å². The predicted molar refractivity (Wildman–Crippen MR) is 64.9 cm³/mol. The number of aliphatic hydroxyl groups is 1. The van der Waals surface area contributed by atoms with Crippen molar-refractivity contribution in [3.8, 4) is 0 Å². The molecular weight excluding hydrogens is 186 g/mol. The summed E-state index contributed by atoms with van der Waals surface area (Å²) in [5.41, 5.74) is -0.402. The van der Waals surface area contributed by atoms with E-state index in [1.807, 2.05) is 0 Å². The summed E-state index contributed by atoms with van der Waals surface area (Å²) < 4.78 is 0. The lowest BCUT2D eigenvalue weighted by Crippen LogP contribution is -2.53. The van der Waals surface area contributed by atoms with Crippen LogP contribution in [-0.4, -0.2) is 22.8 Å². The van der Waals surface area contributed by atoms with Crippen LogP contribution < -0.4 is 5.32 Å². The summed E-state index contributed by atoms with van der Waals surface area (Å²) in [4.78, 5) is 0. The Bertz CT molecular complexity index is 209. The van der Waals surface area contributed by atoms with Crippen molar-refractivity contribution in [2.24, 2.45) is 11.8 Å². The number of rotatable bonds is 2. The van der Waals surface area contributed by atoms with Crippen LogP contribution in [0.15, 0.2) is 0 Å². The molecule has 0 bridgehead atoms. The molecular formula is C13H27NO. The van der Waals surface area contributed by atoms with Crippen molar-refractivity contribution in [2.45, 2.75) is 65.0 Å². The third-order valence-electron chi connectivity index (χ3n) is 3.64. The summed E-state index contributed by atoms with van der Waals surface area (Å²) in [6, 6.07) is 0. The van der Waals surface area contributed by atoms with E-state index in [0.717, 1.165) is 19.4 Å². The average molecular weight is 213 g/mol. The van der Waals surface area contributed by atoms with Gasteiger partial charge in [-0.25, -0.2) is 0 Å². The van der Waals surface area contributed by atoms with Crippen molar-refractivity contribution < 1.29 is 5.11 Å². The molecule has 3 atom stereocenters. The highest BCUT2D eigenvalue weighted by Crippen LogP contribution is 2.36. The van der Waals surface area contributed by atoms with Crippen molar-refractivity contribution in [1.82, 2.24) is 5.32 Å². The van der Waals surface area contributed by atoms with Crippen molar-refractivity contribution in [1.29, 1.82) is 0 Å². The lowest BCUT2D eigenvalue weighted by molar-refractivity contribution is -0.0581. The molecule has 0 aliphatic heterocycles. The molecule has 0 aromatic carbocycles. The van der Waals surface area contributed by atoms with Gasteiger partial charge in [-0.1, -0.05) is 20.3 Å². The van der Waals surface area contributed by atoms with E-state index in [1.165, 1.54) is 6.42 Å². The Morgan fingerprint density at radius 3 is 2.40 bits per heavy atom. The van der Waals surface area contributed by atoms with Gasteiger partial charge in [0.15, 0.2) is 0 Å². The van der Waals surface area contributed by atoms with E-state index in [2.05, 4.69) is 39.9 Å². The van der Waals surface area contributed by atoms with Crippen LogP contribution in [0.4, 0.5) is 0 Å². The Kier molecular flexibility index (Phi) is 3.83. The van der Waals surface area contributed by atoms with E-state index >= 15 is 0 Å². The number of hydrogen-bond donors (Lipinski definition) is 2. The summed E-state index contributed by atoms with van der Waals surface area (Å²) in [5, 5.41) is 14.0. The smallest absolute Gasteiger partial charge is 0.0799 e. The van der Waals surface area contributed by atoms with E-state index < -0.39 is 5.60 Å². The van der Waals surface area contributed by atoms with Crippen LogP contribution in [-0.2, 0) is 0 Å². The van der Waals surface area contributed by atoms with Crippen LogP contribution in [0.2, 0.25) is 0 Å². The number of β-amino-alcohol motifs (C(OH)–C–C–N with tert-alkyl or cyclic N) is 1. The summed E-state index contributed by atoms with van der Waals surface area (Å²) in [5.74, 6) is 1.08. The van der Waals surface area contributed by atoms with Gasteiger partial charge in [-0.15, -0.1) is 0 Å². The van der Waals surface area contributed by atoms with Gasteiger partial charge >= 0.3 is 0 Å². The van der Waals surface area contributed by atoms with Gasteiger partial charge in [-0.05, 0) is 45.4 Å². The second-order valence-electron chi connectivity index (χ2n) is 6.49. The molecule has 1 fully saturated rings. The van der Waals surface area contributed by atoms with E-state index in [9.17, 15) is 5.11 Å². The number of nitrogens with one attached hydrogen (secondary N) is 1. The molecule has 0 aromatic heterocycles. The summed E-state index contributed by atoms with van der Waals surface area (Å²) in [7, 11) is 0. The Morgan fingerprint density at radius 2 is 1.87 bits per heavy atom. The van der Waals surface area contributed by atoms with Crippen LogP contribution >= 0.6 is 0 Å². The fourth-order valence-electron chi connectivity index (χ4n) is 2.37. The van der Waals surface area contributed by atoms with E-state index in [0.29, 0.717) is 11.8 Å². The molecule has 2 N–H and O–H groups in total. The normalized spacial score (nSPS) is 38.0. The monoisotopic (exact) mass is 213 g/mol. The maximum atomic E-state index is 10.6. The first kappa shape index (κ1) is 13.0. The molecule has 90 valence electrons. The topological polar surface area (TPSA) is 32.3 Å². The molecule has 2 nitrogen and oxygen atoms in total. The third-order valence-corrected chi connectivity index (χ3v) is 3.64. The molecule has 0 aromatic rings. The first-order chi connectivity index (χ1) is 6.73. The Balaban J connectivity index is 2.55. The highest BCUT2D eigenvalue weighted by atomic mass is 16.3. The molecule has 0 amide bonds. The molecule has 2 heteroatoms. The zero-order chi connectivity index (χ0) is 11.7. The second-order valence-corrected chi connectivity index (χ2v) is 6.49. The van der Waals surface area contributed by atoms with Gasteiger partial charge in [0.2, 0.25) is 0 Å². The summed E-state index contributed by atoms with van der Waals surface area (Å²) in [6.45, 7) is 11.6. The van der Waals surface area contributed by atoms with Crippen LogP contribution in [0, 0.1) is 11.8 Å². The van der Waals surface area contributed by atoms with Crippen molar-refractivity contribution >= 4 is 0 Å². The molecule has 0 heterocycles. The second kappa shape index (κ2) is 4.42. The van der Waals surface area contributed by atoms with E-state index in [1.54, 1.807) is 0 Å². The summed E-state index contributed by atoms with van der Waals surface area (Å²) in [6.07, 6.45) is 3.36.